The van der Waals surface area contributed by atoms with Gasteiger partial charge in [0.15, 0.2) is 0 Å². The van der Waals surface area contributed by atoms with E-state index in [0.29, 0.717) is 41.8 Å². The van der Waals surface area contributed by atoms with Crippen LogP contribution in [0, 0.1) is 5.92 Å². The van der Waals surface area contributed by atoms with Gasteiger partial charge >= 0.3 is 12.1 Å². The number of nitrogens with one attached hydrogen (secondary N) is 2. The van der Waals surface area contributed by atoms with Crippen molar-refractivity contribution in [3.8, 4) is 11.1 Å². The number of aromatic nitrogens is 1. The molecule has 1 aromatic carbocycles. The molecule has 1 aliphatic rings. The Morgan fingerprint density at radius 2 is 1.94 bits per heavy atom. The average Bonchev–Trinajstić information content (AvgIpc) is 2.71. The molecule has 1 aromatic heterocycles. The van der Waals surface area contributed by atoms with Gasteiger partial charge in [-0.05, 0) is 69.5 Å². The first-order valence-electron chi connectivity index (χ1n) is 10.7. The molecular weight excluding hydrogens is 410 g/mol. The maximum absolute atomic E-state index is 12.7. The van der Waals surface area contributed by atoms with Crippen molar-refractivity contribution in [1.82, 2.24) is 10.3 Å². The Morgan fingerprint density at radius 3 is 2.62 bits per heavy atom. The van der Waals surface area contributed by atoms with Gasteiger partial charge in [-0.3, -0.25) is 9.78 Å². The third-order valence-electron chi connectivity index (χ3n) is 5.24. The second kappa shape index (κ2) is 9.38. The predicted molar refractivity (Wildman–Crippen MR) is 120 cm³/mol. The Morgan fingerprint density at radius 1 is 1.19 bits per heavy atom. The Balaban J connectivity index is 2.05. The molecule has 0 spiro atoms. The van der Waals surface area contributed by atoms with Gasteiger partial charge in [-0.2, -0.15) is 0 Å². The van der Waals surface area contributed by atoms with Gasteiger partial charge in [0.1, 0.15) is 5.60 Å². The highest BCUT2D eigenvalue weighted by molar-refractivity contribution is 5.99. The molecule has 2 heterocycles. The van der Waals surface area contributed by atoms with Crippen LogP contribution in [0.3, 0.4) is 0 Å². The Bertz CT molecular complexity index is 1030. The number of ether oxygens (including phenoxy) is 1. The number of alkyl carbamates (subject to hydrolysis) is 1. The fourth-order valence-corrected chi connectivity index (χ4v) is 3.59. The predicted octanol–water partition coefficient (Wildman–Crippen LogP) is 4.77. The van der Waals surface area contributed by atoms with Crippen molar-refractivity contribution in [3.63, 3.8) is 0 Å². The summed E-state index contributed by atoms with van der Waals surface area (Å²) < 4.78 is 5.41. The minimum absolute atomic E-state index is 0.111. The summed E-state index contributed by atoms with van der Waals surface area (Å²) in [5.74, 6) is -1.45. The zero-order valence-electron chi connectivity index (χ0n) is 18.8. The summed E-state index contributed by atoms with van der Waals surface area (Å²) >= 11 is 0. The van der Waals surface area contributed by atoms with Crippen molar-refractivity contribution >= 4 is 23.7 Å². The molecule has 0 saturated carbocycles. The lowest BCUT2D eigenvalue weighted by atomic mass is 9.95. The Hall–Kier alpha value is -3.42. The molecular formula is C24H29N3O5. The van der Waals surface area contributed by atoms with Crippen LogP contribution in [0.4, 0.5) is 10.5 Å². The molecule has 0 radical (unpaired) electrons. The lowest BCUT2D eigenvalue weighted by molar-refractivity contribution is -0.119. The molecule has 3 N–H and O–H groups in total. The summed E-state index contributed by atoms with van der Waals surface area (Å²) in [5, 5.41) is 15.3. The number of amides is 2. The van der Waals surface area contributed by atoms with E-state index in [4.69, 9.17) is 4.74 Å². The van der Waals surface area contributed by atoms with Crippen LogP contribution in [0.15, 0.2) is 36.5 Å². The van der Waals surface area contributed by atoms with E-state index in [2.05, 4.69) is 15.6 Å². The van der Waals surface area contributed by atoms with E-state index < -0.39 is 23.7 Å². The number of carboxylic acid groups (broad SMARTS) is 1. The number of carbonyl (C=O) groups is 3. The quantitative estimate of drug-likeness (QED) is 0.620. The van der Waals surface area contributed by atoms with Crippen molar-refractivity contribution in [2.75, 3.05) is 5.32 Å². The number of hydrogen-bond donors (Lipinski definition) is 3. The van der Waals surface area contributed by atoms with Gasteiger partial charge in [-0.15, -0.1) is 0 Å². The van der Waals surface area contributed by atoms with Crippen LogP contribution >= 0.6 is 0 Å². The number of fused-ring (bicyclic) bond motifs is 4. The van der Waals surface area contributed by atoms with E-state index in [-0.39, 0.29) is 17.4 Å². The molecule has 2 amide bonds. The molecule has 3 rings (SSSR count). The van der Waals surface area contributed by atoms with E-state index in [1.54, 1.807) is 39.1 Å². The molecule has 2 atom stereocenters. The lowest BCUT2D eigenvalue weighted by Crippen LogP contribution is -2.35. The molecule has 2 bridgehead atoms. The molecule has 0 unspecified atom stereocenters. The zero-order chi connectivity index (χ0) is 23.5. The molecule has 32 heavy (non-hydrogen) atoms. The Labute approximate surface area is 187 Å². The van der Waals surface area contributed by atoms with E-state index in [1.807, 2.05) is 13.0 Å². The second-order valence-electron chi connectivity index (χ2n) is 9.05. The SMILES string of the molecule is C[C@@H]1CCC[C@H](NC(=O)OC(C)(C)C)c2cc(ccn2)-c2cc(C(=O)O)ccc2NC1=O. The van der Waals surface area contributed by atoms with E-state index >= 15 is 0 Å². The molecule has 0 fully saturated rings. The summed E-state index contributed by atoms with van der Waals surface area (Å²) in [6.07, 6.45) is 2.98. The maximum atomic E-state index is 12.7. The summed E-state index contributed by atoms with van der Waals surface area (Å²) in [4.78, 5) is 41.2. The van der Waals surface area contributed by atoms with Gasteiger partial charge in [0.2, 0.25) is 5.91 Å². The van der Waals surface area contributed by atoms with Crippen LogP contribution in [0.25, 0.3) is 11.1 Å². The fraction of sp³-hybridized carbons (Fsp3) is 0.417. The number of hydrogen-bond acceptors (Lipinski definition) is 5. The van der Waals surface area contributed by atoms with Crippen molar-refractivity contribution in [2.24, 2.45) is 5.92 Å². The summed E-state index contributed by atoms with van der Waals surface area (Å²) in [6.45, 7) is 7.23. The van der Waals surface area contributed by atoms with Crippen LogP contribution in [0.1, 0.15) is 69.1 Å². The summed E-state index contributed by atoms with van der Waals surface area (Å²) in [7, 11) is 0. The van der Waals surface area contributed by atoms with Gasteiger partial charge in [0.05, 0.1) is 17.3 Å². The first-order valence-corrected chi connectivity index (χ1v) is 10.7. The largest absolute Gasteiger partial charge is 0.478 e. The standard InChI is InChI=1S/C24H29N3O5/c1-14-6-5-7-19(27-23(31)32-24(2,3)4)20-13-15(10-11-25-20)17-12-16(22(29)30)8-9-18(17)26-21(14)28/h8-14,19H,5-7H2,1-4H3,(H,26,28)(H,27,31)(H,29,30)/t14-,19+/m1/s1. The third-order valence-corrected chi connectivity index (χ3v) is 5.24. The molecule has 0 aliphatic carbocycles. The van der Waals surface area contributed by atoms with E-state index in [1.165, 1.54) is 12.1 Å². The molecule has 2 aromatic rings. The number of carbonyl (C=O) groups excluding carboxylic acids is 2. The second-order valence-corrected chi connectivity index (χ2v) is 9.05. The highest BCUT2D eigenvalue weighted by atomic mass is 16.6. The first-order chi connectivity index (χ1) is 15.0. The summed E-state index contributed by atoms with van der Waals surface area (Å²) in [6, 6.07) is 7.75. The highest BCUT2D eigenvalue weighted by Crippen LogP contribution is 2.33. The molecule has 0 saturated heterocycles. The van der Waals surface area contributed by atoms with Gasteiger partial charge < -0.3 is 20.5 Å². The number of carboxylic acids is 1. The van der Waals surface area contributed by atoms with Gasteiger partial charge in [0, 0.05) is 23.4 Å². The average molecular weight is 440 g/mol. The van der Waals surface area contributed by atoms with Gasteiger partial charge in [-0.1, -0.05) is 13.3 Å². The number of aromatic carboxylic acids is 1. The number of pyridine rings is 1. The zero-order valence-corrected chi connectivity index (χ0v) is 18.8. The maximum Gasteiger partial charge on any atom is 0.408 e. The topological polar surface area (TPSA) is 118 Å². The fourth-order valence-electron chi connectivity index (χ4n) is 3.59. The van der Waals surface area contributed by atoms with Crippen molar-refractivity contribution < 1.29 is 24.2 Å². The van der Waals surface area contributed by atoms with Crippen LogP contribution < -0.4 is 10.6 Å². The number of benzene rings is 1. The van der Waals surface area contributed by atoms with E-state index in [9.17, 15) is 19.5 Å². The van der Waals surface area contributed by atoms with Crippen molar-refractivity contribution in [1.29, 1.82) is 0 Å². The molecule has 8 heteroatoms. The molecule has 8 nitrogen and oxygen atoms in total. The minimum atomic E-state index is -1.06. The molecule has 170 valence electrons. The van der Waals surface area contributed by atoms with Gasteiger partial charge in [0.25, 0.3) is 0 Å². The van der Waals surface area contributed by atoms with Crippen molar-refractivity contribution in [2.45, 2.75) is 58.6 Å². The number of anilines is 1. The smallest absolute Gasteiger partial charge is 0.408 e. The van der Waals surface area contributed by atoms with Crippen LogP contribution in [0.5, 0.6) is 0 Å². The monoisotopic (exact) mass is 439 g/mol. The van der Waals surface area contributed by atoms with Crippen LogP contribution in [0.2, 0.25) is 0 Å². The van der Waals surface area contributed by atoms with Crippen molar-refractivity contribution in [3.05, 3.63) is 47.8 Å². The highest BCUT2D eigenvalue weighted by Gasteiger charge is 2.24. The van der Waals surface area contributed by atoms with Crippen LogP contribution in [-0.2, 0) is 9.53 Å². The Kier molecular flexibility index (Phi) is 6.81. The number of rotatable bonds is 2. The number of nitrogens with zero attached hydrogens (tertiary/aromatic N) is 1. The normalized spacial score (nSPS) is 18.9. The van der Waals surface area contributed by atoms with E-state index in [0.717, 1.165) is 0 Å². The minimum Gasteiger partial charge on any atom is -0.478 e. The van der Waals surface area contributed by atoms with Crippen LogP contribution in [-0.4, -0.2) is 33.7 Å². The molecule has 1 aliphatic heterocycles. The first kappa shape index (κ1) is 23.2. The van der Waals surface area contributed by atoms with Gasteiger partial charge in [-0.25, -0.2) is 9.59 Å². The third kappa shape index (κ3) is 5.84. The summed E-state index contributed by atoms with van der Waals surface area (Å²) in [5.41, 5.74) is 1.91. The lowest BCUT2D eigenvalue weighted by Gasteiger charge is -2.25.